The lowest BCUT2D eigenvalue weighted by Crippen LogP contribution is -1.94. The summed E-state index contributed by atoms with van der Waals surface area (Å²) in [7, 11) is 0. The standard InChI is InChI=1S/C12H6ClN3O6.C6H5N3O/c13-11-5-7(1-2-12(11)16(21)22)8-3-9(14(17)18)6-10(4-8)15(19)20;10-9-6-4-2-1-3-5(6)7-8-9/h1-6H;1-4,10H. The van der Waals surface area contributed by atoms with Crippen LogP contribution in [0.4, 0.5) is 17.1 Å². The van der Waals surface area contributed by atoms with E-state index >= 15 is 0 Å². The molecule has 0 radical (unpaired) electrons. The SMILES string of the molecule is O=[N+]([O-])c1cc(-c2ccc([N+](=O)[O-])c(Cl)c2)cc([N+](=O)[O-])c1.On1nnc2ccccc21. The van der Waals surface area contributed by atoms with Crippen LogP contribution in [0.2, 0.25) is 5.02 Å². The predicted molar refractivity (Wildman–Crippen MR) is 112 cm³/mol. The first-order chi connectivity index (χ1) is 15.2. The Hall–Kier alpha value is -4.65. The highest BCUT2D eigenvalue weighted by molar-refractivity contribution is 6.33. The lowest BCUT2D eigenvalue weighted by Gasteiger charge is -2.03. The number of hydrogen-bond donors (Lipinski definition) is 1. The molecule has 0 aliphatic heterocycles. The van der Waals surface area contributed by atoms with Gasteiger partial charge in [0.25, 0.3) is 17.1 Å². The van der Waals surface area contributed by atoms with Gasteiger partial charge in [-0.1, -0.05) is 28.6 Å². The molecule has 0 aliphatic carbocycles. The minimum Gasteiger partial charge on any atom is -0.410 e. The molecule has 0 saturated carbocycles. The van der Waals surface area contributed by atoms with Crippen LogP contribution in [0.25, 0.3) is 22.2 Å². The number of hydrogen-bond acceptors (Lipinski definition) is 9. The topological polar surface area (TPSA) is 180 Å². The Labute approximate surface area is 182 Å². The average molecular weight is 459 g/mol. The molecule has 0 unspecified atom stereocenters. The molecule has 0 amide bonds. The number of halogens is 1. The van der Waals surface area contributed by atoms with Gasteiger partial charge in [-0.05, 0) is 40.6 Å². The summed E-state index contributed by atoms with van der Waals surface area (Å²) in [6.07, 6.45) is 0. The molecule has 14 heteroatoms. The summed E-state index contributed by atoms with van der Waals surface area (Å²) >= 11 is 5.77. The van der Waals surface area contributed by atoms with E-state index in [0.29, 0.717) is 16.6 Å². The Balaban J connectivity index is 0.000000238. The molecule has 0 saturated heterocycles. The van der Waals surface area contributed by atoms with Gasteiger partial charge < -0.3 is 5.21 Å². The minimum atomic E-state index is -0.760. The van der Waals surface area contributed by atoms with E-state index in [2.05, 4.69) is 10.3 Å². The van der Waals surface area contributed by atoms with E-state index in [9.17, 15) is 30.3 Å². The molecule has 0 fully saturated rings. The molecule has 1 N–H and O–H groups in total. The summed E-state index contributed by atoms with van der Waals surface area (Å²) in [5.41, 5.74) is 0.537. The number of nitro benzene ring substituents is 3. The molecule has 4 aromatic rings. The summed E-state index contributed by atoms with van der Waals surface area (Å²) in [5, 5.41) is 48.3. The van der Waals surface area contributed by atoms with Crippen molar-refractivity contribution in [3.8, 4) is 11.1 Å². The molecule has 1 heterocycles. The summed E-state index contributed by atoms with van der Waals surface area (Å²) in [6, 6.07) is 13.9. The van der Waals surface area contributed by atoms with Crippen molar-refractivity contribution in [2.45, 2.75) is 0 Å². The van der Waals surface area contributed by atoms with E-state index < -0.39 is 26.1 Å². The molecule has 3 aromatic carbocycles. The fourth-order valence-corrected chi connectivity index (χ4v) is 2.91. The molecular formula is C18H11ClN6O7. The van der Waals surface area contributed by atoms with Crippen molar-refractivity contribution in [1.82, 2.24) is 15.2 Å². The Kier molecular flexibility index (Phi) is 6.21. The molecule has 13 nitrogen and oxygen atoms in total. The van der Waals surface area contributed by atoms with Crippen LogP contribution in [0, 0.1) is 30.3 Å². The number of aromatic nitrogens is 3. The fourth-order valence-electron chi connectivity index (χ4n) is 2.66. The molecule has 0 spiro atoms. The van der Waals surface area contributed by atoms with Crippen LogP contribution in [0.3, 0.4) is 0 Å². The number of non-ortho nitro benzene ring substituents is 2. The number of benzene rings is 3. The zero-order valence-electron chi connectivity index (χ0n) is 15.7. The summed E-state index contributed by atoms with van der Waals surface area (Å²) in [5.74, 6) is 0. The van der Waals surface area contributed by atoms with Gasteiger partial charge in [0, 0.05) is 18.2 Å². The highest BCUT2D eigenvalue weighted by Gasteiger charge is 2.19. The average Bonchev–Trinajstić information content (AvgIpc) is 3.14. The van der Waals surface area contributed by atoms with Crippen molar-refractivity contribution >= 4 is 39.7 Å². The summed E-state index contributed by atoms with van der Waals surface area (Å²) in [6.45, 7) is 0. The quantitative estimate of drug-likeness (QED) is 0.263. The Bertz CT molecular complexity index is 1320. The van der Waals surface area contributed by atoms with Crippen molar-refractivity contribution in [2.75, 3.05) is 0 Å². The third-order valence-corrected chi connectivity index (χ3v) is 4.44. The second-order valence-electron chi connectivity index (χ2n) is 6.14. The monoisotopic (exact) mass is 458 g/mol. The molecule has 4 rings (SSSR count). The number of rotatable bonds is 4. The summed E-state index contributed by atoms with van der Waals surface area (Å²) in [4.78, 5) is 30.9. The maximum Gasteiger partial charge on any atom is 0.287 e. The van der Waals surface area contributed by atoms with E-state index in [1.54, 1.807) is 12.1 Å². The van der Waals surface area contributed by atoms with E-state index in [1.165, 1.54) is 12.1 Å². The van der Waals surface area contributed by atoms with Gasteiger partial charge in [-0.2, -0.15) is 0 Å². The van der Waals surface area contributed by atoms with E-state index in [0.717, 1.165) is 29.1 Å². The first-order valence-corrected chi connectivity index (χ1v) is 8.93. The van der Waals surface area contributed by atoms with Crippen LogP contribution in [-0.2, 0) is 0 Å². The Morgan fingerprint density at radius 1 is 0.812 bits per heavy atom. The predicted octanol–water partition coefficient (Wildman–Crippen LogP) is 4.40. The Morgan fingerprint density at radius 3 is 1.97 bits per heavy atom. The first kappa shape index (κ1) is 22.0. The van der Waals surface area contributed by atoms with E-state index in [4.69, 9.17) is 16.8 Å². The van der Waals surface area contributed by atoms with Gasteiger partial charge in [-0.15, -0.1) is 5.10 Å². The number of fused-ring (bicyclic) bond motifs is 1. The second-order valence-corrected chi connectivity index (χ2v) is 6.55. The van der Waals surface area contributed by atoms with Gasteiger partial charge in [-0.3, -0.25) is 30.3 Å². The molecule has 32 heavy (non-hydrogen) atoms. The van der Waals surface area contributed by atoms with Gasteiger partial charge in [0.2, 0.25) is 0 Å². The maximum atomic E-state index is 10.8. The molecule has 0 aliphatic rings. The molecule has 1 aromatic heterocycles. The van der Waals surface area contributed by atoms with Crippen LogP contribution in [-0.4, -0.2) is 35.1 Å². The van der Waals surface area contributed by atoms with Gasteiger partial charge in [-0.25, -0.2) is 0 Å². The zero-order chi connectivity index (χ0) is 23.4. The van der Waals surface area contributed by atoms with Gasteiger partial charge in [0.1, 0.15) is 16.1 Å². The van der Waals surface area contributed by atoms with Crippen LogP contribution in [0.5, 0.6) is 0 Å². The van der Waals surface area contributed by atoms with Gasteiger partial charge >= 0.3 is 0 Å². The maximum absolute atomic E-state index is 10.8. The number of nitro groups is 3. The largest absolute Gasteiger partial charge is 0.410 e. The number of para-hydroxylation sites is 1. The molecule has 162 valence electrons. The minimum absolute atomic E-state index is 0.165. The zero-order valence-corrected chi connectivity index (χ0v) is 16.5. The smallest absolute Gasteiger partial charge is 0.287 e. The van der Waals surface area contributed by atoms with Crippen molar-refractivity contribution in [3.63, 3.8) is 0 Å². The van der Waals surface area contributed by atoms with E-state index in [1.807, 2.05) is 12.1 Å². The van der Waals surface area contributed by atoms with Crippen molar-refractivity contribution in [2.24, 2.45) is 0 Å². The van der Waals surface area contributed by atoms with Gasteiger partial charge in [0.15, 0.2) is 0 Å². The fraction of sp³-hybridized carbons (Fsp3) is 0. The lowest BCUT2D eigenvalue weighted by atomic mass is 10.0. The van der Waals surface area contributed by atoms with Crippen molar-refractivity contribution < 1.29 is 20.0 Å². The second kappa shape index (κ2) is 9.01. The molecular weight excluding hydrogens is 448 g/mol. The van der Waals surface area contributed by atoms with Crippen molar-refractivity contribution in [3.05, 3.63) is 96.0 Å². The third-order valence-electron chi connectivity index (χ3n) is 4.14. The lowest BCUT2D eigenvalue weighted by molar-refractivity contribution is -0.394. The van der Waals surface area contributed by atoms with Crippen LogP contribution >= 0.6 is 11.6 Å². The molecule has 0 atom stereocenters. The van der Waals surface area contributed by atoms with Crippen LogP contribution in [0.1, 0.15) is 0 Å². The van der Waals surface area contributed by atoms with E-state index in [-0.39, 0.29) is 16.3 Å². The van der Waals surface area contributed by atoms with Crippen molar-refractivity contribution in [1.29, 1.82) is 0 Å². The molecule has 0 bridgehead atoms. The first-order valence-electron chi connectivity index (χ1n) is 8.55. The number of nitrogens with zero attached hydrogens (tertiary/aromatic N) is 6. The highest BCUT2D eigenvalue weighted by atomic mass is 35.5. The van der Waals surface area contributed by atoms with Crippen LogP contribution < -0.4 is 0 Å². The Morgan fingerprint density at radius 2 is 1.44 bits per heavy atom. The summed E-state index contributed by atoms with van der Waals surface area (Å²) < 4.78 is 0. The normalized spacial score (nSPS) is 10.3. The van der Waals surface area contributed by atoms with Crippen LogP contribution in [0.15, 0.2) is 60.7 Å². The van der Waals surface area contributed by atoms with Gasteiger partial charge in [0.05, 0.1) is 20.8 Å². The highest BCUT2D eigenvalue weighted by Crippen LogP contribution is 2.33. The third kappa shape index (κ3) is 4.73.